The number of benzene rings is 1. The van der Waals surface area contributed by atoms with Gasteiger partial charge in [0.2, 0.25) is 0 Å². The van der Waals surface area contributed by atoms with Crippen molar-refractivity contribution in [1.82, 2.24) is 9.89 Å². The van der Waals surface area contributed by atoms with Crippen molar-refractivity contribution in [3.05, 3.63) is 48.8 Å². The number of nitrogens with two attached hydrogens (primary N) is 1. The van der Waals surface area contributed by atoms with Gasteiger partial charge in [0, 0.05) is 0 Å². The van der Waals surface area contributed by atoms with E-state index in [4.69, 9.17) is 5.84 Å². The molecule has 0 radical (unpaired) electrons. The second-order valence-electron chi connectivity index (χ2n) is 2.61. The summed E-state index contributed by atoms with van der Waals surface area (Å²) < 4.78 is 0. The van der Waals surface area contributed by atoms with Crippen LogP contribution < -0.4 is 11.0 Å². The minimum atomic E-state index is 0.895. The summed E-state index contributed by atoms with van der Waals surface area (Å²) in [5, 5.41) is 5.48. The van der Waals surface area contributed by atoms with E-state index in [1.807, 2.05) is 36.4 Å². The quantitative estimate of drug-likeness (QED) is 0.546. The molecule has 0 spiro atoms. The fourth-order valence-corrected chi connectivity index (χ4v) is 1.09. The first-order chi connectivity index (χ1) is 6.38. The molecule has 0 saturated heterocycles. The summed E-state index contributed by atoms with van der Waals surface area (Å²) in [5.41, 5.74) is 0.895. The number of rotatable bonds is 2. The predicted molar refractivity (Wildman–Crippen MR) is 50.7 cm³/mol. The van der Waals surface area contributed by atoms with E-state index in [-0.39, 0.29) is 0 Å². The van der Waals surface area contributed by atoms with Crippen molar-refractivity contribution in [2.45, 2.75) is 0 Å². The first kappa shape index (κ1) is 7.82. The number of hydrazine groups is 1. The highest BCUT2D eigenvalue weighted by Crippen LogP contribution is 2.08. The first-order valence-corrected chi connectivity index (χ1v) is 3.98. The maximum absolute atomic E-state index is 5.79. The Morgan fingerprint density at radius 3 is 2.54 bits per heavy atom. The zero-order chi connectivity index (χ0) is 9.10. The molecule has 2 N–H and O–H groups in total. The van der Waals surface area contributed by atoms with Gasteiger partial charge >= 0.3 is 0 Å². The van der Waals surface area contributed by atoms with E-state index < -0.39 is 0 Å². The van der Waals surface area contributed by atoms with Crippen LogP contribution in [0.2, 0.25) is 0 Å². The molecule has 0 saturated carbocycles. The fraction of sp³-hybridized carbons (Fsp3) is 0. The van der Waals surface area contributed by atoms with Gasteiger partial charge in [-0.1, -0.05) is 18.2 Å². The SMILES string of the molecule is NN(c1ccccc1)n1cccn1. The number of hydrogen-bond acceptors (Lipinski definition) is 3. The molecule has 2 rings (SSSR count). The fourth-order valence-electron chi connectivity index (χ4n) is 1.09. The lowest BCUT2D eigenvalue weighted by Gasteiger charge is -2.17. The predicted octanol–water partition coefficient (Wildman–Crippen LogP) is 1.03. The molecule has 0 bridgehead atoms. The van der Waals surface area contributed by atoms with Crippen LogP contribution in [0.3, 0.4) is 0 Å². The molecular formula is C9H10N4. The highest BCUT2D eigenvalue weighted by atomic mass is 15.8. The maximum atomic E-state index is 5.79. The maximum Gasteiger partial charge on any atom is 0.0776 e. The van der Waals surface area contributed by atoms with Crippen LogP contribution in [0.4, 0.5) is 5.69 Å². The summed E-state index contributed by atoms with van der Waals surface area (Å²) in [6.07, 6.45) is 3.47. The molecule has 0 atom stereocenters. The largest absolute Gasteiger partial charge is 0.226 e. The normalized spacial score (nSPS) is 9.92. The second-order valence-corrected chi connectivity index (χ2v) is 2.61. The average Bonchev–Trinajstić information content (AvgIpc) is 2.71. The van der Waals surface area contributed by atoms with Crippen LogP contribution in [0.15, 0.2) is 48.8 Å². The van der Waals surface area contributed by atoms with E-state index in [9.17, 15) is 0 Å². The van der Waals surface area contributed by atoms with Gasteiger partial charge in [-0.2, -0.15) is 15.0 Å². The zero-order valence-corrected chi connectivity index (χ0v) is 7.04. The smallest absolute Gasteiger partial charge is 0.0776 e. The van der Waals surface area contributed by atoms with Crippen LogP contribution in [-0.2, 0) is 0 Å². The van der Waals surface area contributed by atoms with Crippen molar-refractivity contribution in [1.29, 1.82) is 0 Å². The molecular weight excluding hydrogens is 164 g/mol. The molecule has 4 heteroatoms. The Hall–Kier alpha value is -1.81. The van der Waals surface area contributed by atoms with E-state index in [1.54, 1.807) is 17.2 Å². The molecule has 2 aromatic rings. The molecule has 0 unspecified atom stereocenters. The van der Waals surface area contributed by atoms with Crippen LogP contribution in [0.25, 0.3) is 0 Å². The van der Waals surface area contributed by atoms with E-state index in [1.165, 1.54) is 5.12 Å². The summed E-state index contributed by atoms with van der Waals surface area (Å²) >= 11 is 0. The molecule has 1 heterocycles. The van der Waals surface area contributed by atoms with Crippen molar-refractivity contribution in [2.24, 2.45) is 5.84 Å². The van der Waals surface area contributed by atoms with Gasteiger partial charge in [0.1, 0.15) is 0 Å². The van der Waals surface area contributed by atoms with Crippen molar-refractivity contribution in [3.8, 4) is 0 Å². The number of nitrogens with zero attached hydrogens (tertiary/aromatic N) is 3. The van der Waals surface area contributed by atoms with Gasteiger partial charge in [0.15, 0.2) is 0 Å². The minimum absolute atomic E-state index is 0.895. The van der Waals surface area contributed by atoms with Gasteiger partial charge in [0.05, 0.1) is 18.1 Å². The lowest BCUT2D eigenvalue weighted by Crippen LogP contribution is -2.36. The van der Waals surface area contributed by atoms with E-state index in [0.29, 0.717) is 0 Å². The van der Waals surface area contributed by atoms with E-state index >= 15 is 0 Å². The Kier molecular flexibility index (Phi) is 1.97. The summed E-state index contributed by atoms with van der Waals surface area (Å²) in [6, 6.07) is 11.5. The van der Waals surface area contributed by atoms with E-state index in [0.717, 1.165) is 5.69 Å². The Labute approximate surface area is 76.1 Å². The highest BCUT2D eigenvalue weighted by molar-refractivity contribution is 5.43. The van der Waals surface area contributed by atoms with Crippen molar-refractivity contribution in [2.75, 3.05) is 5.12 Å². The van der Waals surface area contributed by atoms with Crippen molar-refractivity contribution >= 4 is 5.69 Å². The molecule has 0 aliphatic carbocycles. The monoisotopic (exact) mass is 174 g/mol. The van der Waals surface area contributed by atoms with Crippen LogP contribution in [0.5, 0.6) is 0 Å². The number of hydrogen-bond donors (Lipinski definition) is 1. The molecule has 4 nitrogen and oxygen atoms in total. The molecule has 66 valence electrons. The number of anilines is 1. The topological polar surface area (TPSA) is 47.1 Å². The molecule has 0 aliphatic heterocycles. The van der Waals surface area contributed by atoms with E-state index in [2.05, 4.69) is 5.10 Å². The van der Waals surface area contributed by atoms with Gasteiger partial charge in [0.25, 0.3) is 0 Å². The third-order valence-electron chi connectivity index (χ3n) is 1.73. The average molecular weight is 174 g/mol. The second kappa shape index (κ2) is 3.28. The van der Waals surface area contributed by atoms with Crippen molar-refractivity contribution in [3.63, 3.8) is 0 Å². The number of para-hydroxylation sites is 1. The minimum Gasteiger partial charge on any atom is -0.226 e. The molecule has 1 aromatic heterocycles. The van der Waals surface area contributed by atoms with Gasteiger partial charge in [-0.15, -0.1) is 0 Å². The van der Waals surface area contributed by atoms with Crippen LogP contribution >= 0.6 is 0 Å². The summed E-state index contributed by atoms with van der Waals surface area (Å²) in [5.74, 6) is 5.79. The van der Waals surface area contributed by atoms with Gasteiger partial charge in [-0.05, 0) is 18.2 Å². The summed E-state index contributed by atoms with van der Waals surface area (Å²) in [7, 11) is 0. The summed E-state index contributed by atoms with van der Waals surface area (Å²) in [4.78, 5) is 1.56. The first-order valence-electron chi connectivity index (χ1n) is 3.98. The van der Waals surface area contributed by atoms with Crippen LogP contribution in [0, 0.1) is 0 Å². The Balaban J connectivity index is 2.29. The third-order valence-corrected chi connectivity index (χ3v) is 1.73. The Morgan fingerprint density at radius 2 is 1.92 bits per heavy atom. The Morgan fingerprint density at radius 1 is 1.15 bits per heavy atom. The number of aromatic nitrogens is 2. The van der Waals surface area contributed by atoms with Crippen molar-refractivity contribution < 1.29 is 0 Å². The van der Waals surface area contributed by atoms with Gasteiger partial charge < -0.3 is 0 Å². The van der Waals surface area contributed by atoms with Crippen LogP contribution in [0.1, 0.15) is 0 Å². The molecule has 0 aliphatic rings. The molecule has 13 heavy (non-hydrogen) atoms. The Bertz CT molecular complexity index is 354. The van der Waals surface area contributed by atoms with Crippen LogP contribution in [-0.4, -0.2) is 9.89 Å². The lowest BCUT2D eigenvalue weighted by atomic mass is 10.3. The van der Waals surface area contributed by atoms with Gasteiger partial charge in [-0.3, -0.25) is 0 Å². The zero-order valence-electron chi connectivity index (χ0n) is 7.04. The third kappa shape index (κ3) is 1.52. The lowest BCUT2D eigenvalue weighted by molar-refractivity contribution is 0.634. The highest BCUT2D eigenvalue weighted by Gasteiger charge is 2.00. The van der Waals surface area contributed by atoms with Gasteiger partial charge in [-0.25, -0.2) is 5.84 Å². The standard InChI is InChI=1S/C9H10N4/c10-13(12-8-4-7-11-12)9-5-2-1-3-6-9/h1-8H,10H2. The summed E-state index contributed by atoms with van der Waals surface area (Å²) in [6.45, 7) is 0. The molecule has 1 aromatic carbocycles. The molecule has 0 amide bonds. The molecule has 0 fully saturated rings.